The number of amides is 1. The Labute approximate surface area is 106 Å². The molecule has 6 nitrogen and oxygen atoms in total. The van der Waals surface area contributed by atoms with Crippen LogP contribution in [0.3, 0.4) is 0 Å². The zero-order valence-electron chi connectivity index (χ0n) is 10.4. The quantitative estimate of drug-likeness (QED) is 0.503. The largest absolute Gasteiger partial charge is 0.508 e. The molecule has 1 aromatic rings. The van der Waals surface area contributed by atoms with Crippen LogP contribution in [0.4, 0.5) is 5.69 Å². The van der Waals surface area contributed by atoms with Crippen LogP contribution in [-0.2, 0) is 0 Å². The Morgan fingerprint density at radius 1 is 1.33 bits per heavy atom. The number of phenols is 1. The van der Waals surface area contributed by atoms with E-state index in [4.69, 9.17) is 5.73 Å². The van der Waals surface area contributed by atoms with Crippen molar-refractivity contribution >= 4 is 11.6 Å². The highest BCUT2D eigenvalue weighted by molar-refractivity contribution is 5.99. The number of nitrogens with two attached hydrogens (primary N) is 1. The number of carbonyl (C=O) groups is 1. The van der Waals surface area contributed by atoms with Gasteiger partial charge in [-0.05, 0) is 25.2 Å². The molecule has 1 amide bonds. The van der Waals surface area contributed by atoms with E-state index in [1.807, 2.05) is 12.1 Å². The lowest BCUT2D eigenvalue weighted by Crippen LogP contribution is -2.52. The van der Waals surface area contributed by atoms with Crippen molar-refractivity contribution in [1.82, 2.24) is 15.3 Å². The molecule has 4 N–H and O–H groups in total. The number of anilines is 1. The second kappa shape index (κ2) is 5.24. The smallest absolute Gasteiger partial charge is 0.267 e. The van der Waals surface area contributed by atoms with Crippen LogP contribution in [0.1, 0.15) is 10.4 Å². The number of rotatable bonds is 2. The van der Waals surface area contributed by atoms with Crippen molar-refractivity contribution in [2.24, 2.45) is 0 Å². The summed E-state index contributed by atoms with van der Waals surface area (Å²) in [6.45, 7) is 3.38. The van der Waals surface area contributed by atoms with Gasteiger partial charge in [0.05, 0.1) is 5.56 Å². The van der Waals surface area contributed by atoms with Gasteiger partial charge in [-0.2, -0.15) is 0 Å². The van der Waals surface area contributed by atoms with E-state index >= 15 is 0 Å². The number of piperazine rings is 1. The highest BCUT2D eigenvalue weighted by Crippen LogP contribution is 2.18. The molecule has 0 aliphatic carbocycles. The normalized spacial score (nSPS) is 17.6. The van der Waals surface area contributed by atoms with Gasteiger partial charge < -0.3 is 15.7 Å². The Kier molecular flexibility index (Phi) is 3.69. The van der Waals surface area contributed by atoms with E-state index in [0.29, 0.717) is 11.3 Å². The Bertz CT molecular complexity index is 442. The van der Waals surface area contributed by atoms with Gasteiger partial charge in [0.25, 0.3) is 5.91 Å². The molecule has 1 aromatic carbocycles. The van der Waals surface area contributed by atoms with Gasteiger partial charge in [0, 0.05) is 31.9 Å². The molecular weight excluding hydrogens is 232 g/mol. The maximum Gasteiger partial charge on any atom is 0.267 e. The molecule has 1 heterocycles. The van der Waals surface area contributed by atoms with E-state index in [-0.39, 0.29) is 11.7 Å². The lowest BCUT2D eigenvalue weighted by Gasteiger charge is -2.32. The van der Waals surface area contributed by atoms with Crippen LogP contribution in [0.25, 0.3) is 0 Å². The van der Waals surface area contributed by atoms with Gasteiger partial charge in [-0.1, -0.05) is 0 Å². The van der Waals surface area contributed by atoms with E-state index in [9.17, 15) is 9.90 Å². The summed E-state index contributed by atoms with van der Waals surface area (Å²) in [5.74, 6) is -0.249. The Morgan fingerprint density at radius 3 is 2.67 bits per heavy atom. The maximum atomic E-state index is 12.0. The lowest BCUT2D eigenvalue weighted by atomic mass is 10.1. The summed E-state index contributed by atoms with van der Waals surface area (Å²) in [5, 5.41) is 11.2. The van der Waals surface area contributed by atoms with Gasteiger partial charge in [0.2, 0.25) is 0 Å². The average molecular weight is 250 g/mol. The topological polar surface area (TPSA) is 81.8 Å². The molecule has 1 saturated heterocycles. The van der Waals surface area contributed by atoms with Gasteiger partial charge in [0.15, 0.2) is 0 Å². The molecular formula is C12H18N4O2. The van der Waals surface area contributed by atoms with Crippen molar-refractivity contribution < 1.29 is 9.90 Å². The van der Waals surface area contributed by atoms with Crippen molar-refractivity contribution in [2.75, 3.05) is 39.0 Å². The molecule has 18 heavy (non-hydrogen) atoms. The molecule has 0 aromatic heterocycles. The first kappa shape index (κ1) is 12.7. The predicted molar refractivity (Wildman–Crippen MR) is 69.1 cm³/mol. The summed E-state index contributed by atoms with van der Waals surface area (Å²) in [6.07, 6.45) is 0. The Hall–Kier alpha value is -1.79. The summed E-state index contributed by atoms with van der Waals surface area (Å²) in [5.41, 5.74) is 9.18. The monoisotopic (exact) mass is 250 g/mol. The minimum absolute atomic E-state index is 0.0349. The number of hydrazine groups is 1. The van der Waals surface area contributed by atoms with E-state index < -0.39 is 0 Å². The maximum absolute atomic E-state index is 12.0. The predicted octanol–water partition coefficient (Wildman–Crippen LogP) is -0.133. The van der Waals surface area contributed by atoms with Gasteiger partial charge >= 0.3 is 0 Å². The number of carbonyl (C=O) groups excluding carboxylic acids is 1. The number of nitrogen functional groups attached to an aromatic ring is 1. The van der Waals surface area contributed by atoms with Gasteiger partial charge in [-0.3, -0.25) is 10.2 Å². The molecule has 0 spiro atoms. The molecule has 0 saturated carbocycles. The molecule has 1 fully saturated rings. The number of phenolic OH excluding ortho intramolecular Hbond substituents is 1. The third-order valence-corrected chi connectivity index (χ3v) is 3.04. The fraction of sp³-hybridized carbons (Fsp3) is 0.417. The van der Waals surface area contributed by atoms with Crippen LogP contribution in [0.5, 0.6) is 5.75 Å². The molecule has 6 heteroatoms. The highest BCUT2D eigenvalue weighted by Gasteiger charge is 2.18. The summed E-state index contributed by atoms with van der Waals surface area (Å²) < 4.78 is 0. The van der Waals surface area contributed by atoms with Crippen molar-refractivity contribution in [3.63, 3.8) is 0 Å². The molecule has 0 atom stereocenters. The number of hydrogen-bond donors (Lipinski definition) is 3. The number of aromatic hydroxyl groups is 1. The Balaban J connectivity index is 2.01. The van der Waals surface area contributed by atoms with Crippen LogP contribution in [0, 0.1) is 0 Å². The third kappa shape index (κ3) is 2.91. The second-order valence-electron chi connectivity index (χ2n) is 4.50. The summed E-state index contributed by atoms with van der Waals surface area (Å²) in [4.78, 5) is 14.2. The van der Waals surface area contributed by atoms with Gasteiger partial charge in [0.1, 0.15) is 5.75 Å². The van der Waals surface area contributed by atoms with Gasteiger partial charge in [-0.25, -0.2) is 5.01 Å². The SMILES string of the molecule is CN1CCN(NC(=O)c2cc(O)ccc2N)CC1. The number of nitrogens with one attached hydrogen (secondary N) is 1. The molecule has 0 radical (unpaired) electrons. The zero-order valence-corrected chi connectivity index (χ0v) is 10.4. The lowest BCUT2D eigenvalue weighted by molar-refractivity contribution is 0.0663. The molecule has 1 aliphatic heterocycles. The molecule has 98 valence electrons. The fourth-order valence-corrected chi connectivity index (χ4v) is 1.86. The highest BCUT2D eigenvalue weighted by atomic mass is 16.3. The van der Waals surface area contributed by atoms with E-state index in [1.54, 1.807) is 0 Å². The minimum Gasteiger partial charge on any atom is -0.508 e. The molecule has 2 rings (SSSR count). The minimum atomic E-state index is -0.284. The summed E-state index contributed by atoms with van der Waals surface area (Å²) in [6, 6.07) is 4.36. The second-order valence-corrected chi connectivity index (χ2v) is 4.50. The molecule has 0 unspecified atom stereocenters. The number of likely N-dealkylation sites (N-methyl/N-ethyl adjacent to an activating group) is 1. The fourth-order valence-electron chi connectivity index (χ4n) is 1.86. The third-order valence-electron chi connectivity index (χ3n) is 3.04. The number of hydrogen-bond acceptors (Lipinski definition) is 5. The summed E-state index contributed by atoms with van der Waals surface area (Å²) >= 11 is 0. The van der Waals surface area contributed by atoms with Crippen LogP contribution < -0.4 is 11.2 Å². The standard InChI is InChI=1S/C12H18N4O2/c1-15-4-6-16(7-5-15)14-12(18)10-8-9(17)2-3-11(10)13/h2-3,8,17H,4-7,13H2,1H3,(H,14,18). The average Bonchev–Trinajstić information content (AvgIpc) is 2.35. The number of nitrogens with zero attached hydrogens (tertiary/aromatic N) is 2. The molecule has 1 aliphatic rings. The van der Waals surface area contributed by atoms with Crippen LogP contribution in [0.2, 0.25) is 0 Å². The van der Waals surface area contributed by atoms with Crippen molar-refractivity contribution in [3.05, 3.63) is 23.8 Å². The Morgan fingerprint density at radius 2 is 2.00 bits per heavy atom. The van der Waals surface area contributed by atoms with E-state index in [2.05, 4.69) is 10.3 Å². The zero-order chi connectivity index (χ0) is 13.1. The van der Waals surface area contributed by atoms with E-state index in [1.165, 1.54) is 18.2 Å². The summed E-state index contributed by atoms with van der Waals surface area (Å²) in [7, 11) is 2.05. The van der Waals surface area contributed by atoms with Crippen molar-refractivity contribution in [1.29, 1.82) is 0 Å². The van der Waals surface area contributed by atoms with E-state index in [0.717, 1.165) is 26.2 Å². The first-order chi connectivity index (χ1) is 8.56. The van der Waals surface area contributed by atoms with Crippen LogP contribution in [0.15, 0.2) is 18.2 Å². The van der Waals surface area contributed by atoms with Crippen LogP contribution >= 0.6 is 0 Å². The van der Waals surface area contributed by atoms with Crippen molar-refractivity contribution in [2.45, 2.75) is 0 Å². The molecule has 0 bridgehead atoms. The van der Waals surface area contributed by atoms with Gasteiger partial charge in [-0.15, -0.1) is 0 Å². The first-order valence-corrected chi connectivity index (χ1v) is 5.89. The van der Waals surface area contributed by atoms with Crippen molar-refractivity contribution in [3.8, 4) is 5.75 Å². The first-order valence-electron chi connectivity index (χ1n) is 5.89. The number of benzene rings is 1. The van der Waals surface area contributed by atoms with Crippen LogP contribution in [-0.4, -0.2) is 54.1 Å².